The molecule has 2 atom stereocenters. The summed E-state index contributed by atoms with van der Waals surface area (Å²) in [5, 5.41) is 2.56. The average Bonchev–Trinajstić information content (AvgIpc) is 2.55. The third-order valence-corrected chi connectivity index (χ3v) is 3.35. The Hall–Kier alpha value is -1.42. The second kappa shape index (κ2) is 4.11. The van der Waals surface area contributed by atoms with Gasteiger partial charge in [-0.15, -0.1) is 0 Å². The smallest absolute Gasteiger partial charge is 0.231 e. The molecule has 4 heteroatoms. The Morgan fingerprint density at radius 2 is 2.06 bits per heavy atom. The quantitative estimate of drug-likeness (QED) is 0.829. The molecule has 0 aliphatic carbocycles. The van der Waals surface area contributed by atoms with Crippen molar-refractivity contribution in [1.29, 1.82) is 0 Å². The number of carbonyl (C=O) groups excluding carboxylic acids is 1. The Bertz CT molecular complexity index is 471. The minimum atomic E-state index is -0.397. The molecule has 0 saturated carbocycles. The van der Waals surface area contributed by atoms with Crippen molar-refractivity contribution >= 4 is 11.6 Å². The molecular weight excluding hydrogens is 219 g/mol. The van der Waals surface area contributed by atoms with Crippen molar-refractivity contribution < 1.29 is 9.18 Å². The third kappa shape index (κ3) is 1.93. The summed E-state index contributed by atoms with van der Waals surface area (Å²) in [7, 11) is 0. The summed E-state index contributed by atoms with van der Waals surface area (Å²) in [6.07, 6.45) is 0. The highest BCUT2D eigenvalue weighted by atomic mass is 19.1. The molecule has 2 rings (SSSR count). The Balaban J connectivity index is 2.48. The molecule has 0 aromatic heterocycles. The minimum Gasteiger partial charge on any atom is -0.324 e. The van der Waals surface area contributed by atoms with Crippen LogP contribution < -0.4 is 11.1 Å². The van der Waals surface area contributed by atoms with Crippen molar-refractivity contribution in [1.82, 2.24) is 0 Å². The van der Waals surface area contributed by atoms with Crippen molar-refractivity contribution in [3.8, 4) is 0 Å². The van der Waals surface area contributed by atoms with Crippen LogP contribution >= 0.6 is 0 Å². The van der Waals surface area contributed by atoms with Crippen LogP contribution in [-0.4, -0.2) is 5.91 Å². The van der Waals surface area contributed by atoms with E-state index in [0.717, 1.165) is 5.56 Å². The van der Waals surface area contributed by atoms with Gasteiger partial charge in [0.1, 0.15) is 5.82 Å². The molecule has 0 saturated heterocycles. The second-order valence-corrected chi connectivity index (χ2v) is 4.95. The van der Waals surface area contributed by atoms with Gasteiger partial charge in [0.25, 0.3) is 0 Å². The van der Waals surface area contributed by atoms with E-state index < -0.39 is 5.82 Å². The molecule has 0 fully saturated rings. The summed E-state index contributed by atoms with van der Waals surface area (Å²) < 4.78 is 13.9. The van der Waals surface area contributed by atoms with Gasteiger partial charge in [-0.05, 0) is 30.0 Å². The summed E-state index contributed by atoms with van der Waals surface area (Å²) in [5.74, 6) is -0.632. The topological polar surface area (TPSA) is 55.1 Å². The first-order valence-electron chi connectivity index (χ1n) is 5.81. The number of rotatable bonds is 2. The van der Waals surface area contributed by atoms with Crippen LogP contribution in [0.3, 0.4) is 0 Å². The molecule has 2 unspecified atom stereocenters. The minimum absolute atomic E-state index is 0.158. The van der Waals surface area contributed by atoms with Crippen LogP contribution in [0.5, 0.6) is 0 Å². The Morgan fingerprint density at radius 3 is 2.65 bits per heavy atom. The van der Waals surface area contributed by atoms with Crippen LogP contribution in [-0.2, 0) is 4.79 Å². The molecule has 0 bridgehead atoms. The lowest BCUT2D eigenvalue weighted by atomic mass is 9.92. The van der Waals surface area contributed by atoms with Gasteiger partial charge in [0.15, 0.2) is 0 Å². The van der Waals surface area contributed by atoms with Gasteiger partial charge in [-0.3, -0.25) is 4.79 Å². The zero-order valence-corrected chi connectivity index (χ0v) is 10.3. The average molecular weight is 236 g/mol. The molecule has 3 nitrogen and oxygen atoms in total. The number of hydrogen-bond acceptors (Lipinski definition) is 2. The number of nitrogens with two attached hydrogens (primary N) is 1. The lowest BCUT2D eigenvalue weighted by Gasteiger charge is -2.17. The predicted molar refractivity (Wildman–Crippen MR) is 65.2 cm³/mol. The highest BCUT2D eigenvalue weighted by molar-refractivity contribution is 6.02. The number of fused-ring (bicyclic) bond motifs is 1. The largest absolute Gasteiger partial charge is 0.324 e. The van der Waals surface area contributed by atoms with E-state index in [0.29, 0.717) is 11.3 Å². The molecule has 1 aliphatic heterocycles. The van der Waals surface area contributed by atoms with E-state index in [-0.39, 0.29) is 23.8 Å². The van der Waals surface area contributed by atoms with Gasteiger partial charge in [-0.2, -0.15) is 0 Å². The lowest BCUT2D eigenvalue weighted by Crippen LogP contribution is -2.17. The van der Waals surface area contributed by atoms with Crippen LogP contribution in [0, 0.1) is 11.7 Å². The van der Waals surface area contributed by atoms with Gasteiger partial charge in [-0.1, -0.05) is 19.9 Å². The highest BCUT2D eigenvalue weighted by Gasteiger charge is 2.30. The van der Waals surface area contributed by atoms with Crippen LogP contribution in [0.25, 0.3) is 0 Å². The molecule has 0 radical (unpaired) electrons. The van der Waals surface area contributed by atoms with Crippen molar-refractivity contribution in [2.75, 3.05) is 5.32 Å². The standard InChI is InChI=1S/C13H17FN2O/c1-6(2)11(15)8-4-9-7(3)13(17)16-12(9)10(14)5-8/h4-7,11H,15H2,1-3H3,(H,16,17). The summed E-state index contributed by atoms with van der Waals surface area (Å²) >= 11 is 0. The number of benzene rings is 1. The second-order valence-electron chi connectivity index (χ2n) is 4.95. The number of nitrogens with one attached hydrogen (secondary N) is 1. The Morgan fingerprint density at radius 1 is 1.41 bits per heavy atom. The van der Waals surface area contributed by atoms with Gasteiger partial charge in [0.05, 0.1) is 11.6 Å². The fraction of sp³-hybridized carbons (Fsp3) is 0.462. The Labute approximate surface area is 100 Å². The molecule has 1 amide bonds. The molecule has 1 heterocycles. The highest BCUT2D eigenvalue weighted by Crippen LogP contribution is 2.36. The molecule has 1 aliphatic rings. The zero-order valence-electron chi connectivity index (χ0n) is 10.3. The van der Waals surface area contributed by atoms with E-state index in [1.165, 1.54) is 6.07 Å². The number of hydrogen-bond donors (Lipinski definition) is 2. The number of halogens is 1. The van der Waals surface area contributed by atoms with Crippen molar-refractivity contribution in [3.63, 3.8) is 0 Å². The van der Waals surface area contributed by atoms with E-state index in [1.54, 1.807) is 6.92 Å². The van der Waals surface area contributed by atoms with Crippen LogP contribution in [0.2, 0.25) is 0 Å². The van der Waals surface area contributed by atoms with E-state index >= 15 is 0 Å². The number of carbonyl (C=O) groups is 1. The summed E-state index contributed by atoms with van der Waals surface area (Å²) in [6.45, 7) is 5.75. The van der Waals surface area contributed by atoms with Crippen LogP contribution in [0.15, 0.2) is 12.1 Å². The zero-order chi connectivity index (χ0) is 12.7. The molecular formula is C13H17FN2O. The van der Waals surface area contributed by atoms with Crippen LogP contribution in [0.4, 0.5) is 10.1 Å². The summed E-state index contributed by atoms with van der Waals surface area (Å²) in [4.78, 5) is 11.5. The maximum atomic E-state index is 13.9. The molecule has 3 N–H and O–H groups in total. The number of amides is 1. The van der Waals surface area contributed by atoms with Gasteiger partial charge in [0, 0.05) is 6.04 Å². The SMILES string of the molecule is CC1C(=O)Nc2c(F)cc(C(N)C(C)C)cc21. The number of anilines is 1. The van der Waals surface area contributed by atoms with Crippen molar-refractivity contribution in [2.45, 2.75) is 32.7 Å². The molecule has 1 aromatic rings. The van der Waals surface area contributed by atoms with Gasteiger partial charge in [0.2, 0.25) is 5.91 Å². The van der Waals surface area contributed by atoms with Crippen molar-refractivity contribution in [3.05, 3.63) is 29.1 Å². The van der Waals surface area contributed by atoms with E-state index in [4.69, 9.17) is 5.73 Å². The lowest BCUT2D eigenvalue weighted by molar-refractivity contribution is -0.116. The van der Waals surface area contributed by atoms with Crippen molar-refractivity contribution in [2.24, 2.45) is 11.7 Å². The monoisotopic (exact) mass is 236 g/mol. The van der Waals surface area contributed by atoms with E-state index in [2.05, 4.69) is 5.32 Å². The van der Waals surface area contributed by atoms with Gasteiger partial charge in [-0.25, -0.2) is 4.39 Å². The fourth-order valence-corrected chi connectivity index (χ4v) is 2.07. The van der Waals surface area contributed by atoms with Gasteiger partial charge < -0.3 is 11.1 Å². The molecule has 1 aromatic carbocycles. The molecule has 17 heavy (non-hydrogen) atoms. The van der Waals surface area contributed by atoms with E-state index in [1.807, 2.05) is 19.9 Å². The predicted octanol–water partition coefficient (Wildman–Crippen LogP) is 2.54. The first kappa shape index (κ1) is 12.0. The normalized spacial score (nSPS) is 20.4. The fourth-order valence-electron chi connectivity index (χ4n) is 2.07. The maximum Gasteiger partial charge on any atom is 0.231 e. The maximum absolute atomic E-state index is 13.9. The summed E-state index contributed by atoms with van der Waals surface area (Å²) in [5.41, 5.74) is 7.78. The summed E-state index contributed by atoms with van der Waals surface area (Å²) in [6, 6.07) is 3.05. The van der Waals surface area contributed by atoms with Gasteiger partial charge >= 0.3 is 0 Å². The van der Waals surface area contributed by atoms with Crippen LogP contribution in [0.1, 0.15) is 43.9 Å². The first-order chi connectivity index (χ1) is 7.91. The third-order valence-electron chi connectivity index (χ3n) is 3.35. The first-order valence-corrected chi connectivity index (χ1v) is 5.81. The Kier molecular flexibility index (Phi) is 2.91. The van der Waals surface area contributed by atoms with E-state index in [9.17, 15) is 9.18 Å². The molecule has 92 valence electrons. The molecule has 0 spiro atoms.